The van der Waals surface area contributed by atoms with Gasteiger partial charge >= 0.3 is 0 Å². The quantitative estimate of drug-likeness (QED) is 0.700. The Bertz CT molecular complexity index is 960. The van der Waals surface area contributed by atoms with Crippen molar-refractivity contribution < 1.29 is 5.11 Å². The van der Waals surface area contributed by atoms with Gasteiger partial charge in [-0.2, -0.15) is 4.98 Å². The van der Waals surface area contributed by atoms with Gasteiger partial charge in [0.2, 0.25) is 5.88 Å². The molecule has 4 rings (SSSR count). The molecule has 124 valence electrons. The first-order valence-corrected chi connectivity index (χ1v) is 8.95. The second-order valence-corrected chi connectivity index (χ2v) is 6.65. The number of aromatic nitrogens is 1. The SMILES string of the molecule is CCN(c1ccccc1)c1nc(O)c(C=C2C=Nc3ccccc32)s1. The minimum Gasteiger partial charge on any atom is -0.492 e. The molecule has 25 heavy (non-hydrogen) atoms. The predicted molar refractivity (Wildman–Crippen MR) is 105 cm³/mol. The highest BCUT2D eigenvalue weighted by Gasteiger charge is 2.17. The summed E-state index contributed by atoms with van der Waals surface area (Å²) in [6.45, 7) is 2.85. The topological polar surface area (TPSA) is 48.7 Å². The molecule has 1 N–H and O–H groups in total. The zero-order valence-corrected chi connectivity index (χ0v) is 14.6. The monoisotopic (exact) mass is 347 g/mol. The summed E-state index contributed by atoms with van der Waals surface area (Å²) in [6.07, 6.45) is 3.78. The van der Waals surface area contributed by atoms with E-state index in [1.807, 2.05) is 66.9 Å². The molecule has 3 aromatic rings. The van der Waals surface area contributed by atoms with Crippen LogP contribution in [0.4, 0.5) is 16.5 Å². The van der Waals surface area contributed by atoms with E-state index in [1.165, 1.54) is 11.3 Å². The Hall–Kier alpha value is -2.92. The summed E-state index contributed by atoms with van der Waals surface area (Å²) < 4.78 is 0. The van der Waals surface area contributed by atoms with E-state index in [9.17, 15) is 5.11 Å². The van der Waals surface area contributed by atoms with Gasteiger partial charge in [0.1, 0.15) is 0 Å². The number of rotatable bonds is 4. The lowest BCUT2D eigenvalue weighted by Gasteiger charge is -2.19. The van der Waals surface area contributed by atoms with E-state index in [0.29, 0.717) is 0 Å². The number of aromatic hydroxyl groups is 1. The van der Waals surface area contributed by atoms with Gasteiger partial charge in [0.25, 0.3) is 0 Å². The first-order valence-electron chi connectivity index (χ1n) is 8.14. The fourth-order valence-corrected chi connectivity index (χ4v) is 3.85. The largest absolute Gasteiger partial charge is 0.492 e. The van der Waals surface area contributed by atoms with Gasteiger partial charge in [0.05, 0.1) is 10.6 Å². The first-order chi connectivity index (χ1) is 12.3. The number of nitrogens with zero attached hydrogens (tertiary/aromatic N) is 3. The third-order valence-corrected chi connectivity index (χ3v) is 5.10. The number of thiazole rings is 1. The van der Waals surface area contributed by atoms with Crippen molar-refractivity contribution in [3.05, 3.63) is 65.0 Å². The fraction of sp³-hybridized carbons (Fsp3) is 0.100. The molecule has 5 heteroatoms. The lowest BCUT2D eigenvalue weighted by atomic mass is 10.1. The van der Waals surface area contributed by atoms with E-state index in [0.717, 1.165) is 39.1 Å². The second kappa shape index (κ2) is 6.53. The number of hydrogen-bond donors (Lipinski definition) is 1. The molecule has 0 amide bonds. The third-order valence-electron chi connectivity index (χ3n) is 4.08. The van der Waals surface area contributed by atoms with Crippen molar-refractivity contribution >= 4 is 45.7 Å². The lowest BCUT2D eigenvalue weighted by molar-refractivity contribution is 0.456. The molecule has 0 saturated heterocycles. The number of fused-ring (bicyclic) bond motifs is 1. The molecule has 2 aromatic carbocycles. The standard InChI is InChI=1S/C20H17N3OS/c1-2-23(15-8-4-3-5-9-15)20-22-19(24)18(25-20)12-14-13-21-17-11-7-6-10-16(14)17/h3-13,24H,2H2,1H3. The normalized spacial score (nSPS) is 14.0. The summed E-state index contributed by atoms with van der Waals surface area (Å²) in [7, 11) is 0. The Labute approximate surface area is 150 Å². The van der Waals surface area contributed by atoms with E-state index < -0.39 is 0 Å². The number of para-hydroxylation sites is 2. The molecule has 1 aliphatic rings. The maximum Gasteiger partial charge on any atom is 0.231 e. The van der Waals surface area contributed by atoms with Crippen molar-refractivity contribution in [3.63, 3.8) is 0 Å². The summed E-state index contributed by atoms with van der Waals surface area (Å²) >= 11 is 1.48. The summed E-state index contributed by atoms with van der Waals surface area (Å²) in [4.78, 5) is 11.6. The van der Waals surface area contributed by atoms with Crippen LogP contribution in [-0.4, -0.2) is 22.8 Å². The zero-order chi connectivity index (χ0) is 17.2. The van der Waals surface area contributed by atoms with Gasteiger partial charge in [-0.25, -0.2) is 0 Å². The maximum absolute atomic E-state index is 10.3. The molecule has 0 saturated carbocycles. The average molecular weight is 347 g/mol. The van der Waals surface area contributed by atoms with E-state index >= 15 is 0 Å². The molecular weight excluding hydrogens is 330 g/mol. The van der Waals surface area contributed by atoms with Crippen LogP contribution in [0, 0.1) is 0 Å². The fourth-order valence-electron chi connectivity index (χ4n) is 2.85. The van der Waals surface area contributed by atoms with E-state index in [2.05, 4.69) is 21.8 Å². The molecular formula is C20H17N3OS. The van der Waals surface area contributed by atoms with Gasteiger partial charge in [0, 0.05) is 29.6 Å². The van der Waals surface area contributed by atoms with Crippen LogP contribution in [0.15, 0.2) is 59.6 Å². The second-order valence-electron chi connectivity index (χ2n) is 5.64. The highest BCUT2D eigenvalue weighted by molar-refractivity contribution is 7.16. The summed E-state index contributed by atoms with van der Waals surface area (Å²) in [5, 5.41) is 11.1. The van der Waals surface area contributed by atoms with Crippen LogP contribution in [0.1, 0.15) is 17.4 Å². The molecule has 2 heterocycles. The molecule has 0 radical (unpaired) electrons. The summed E-state index contributed by atoms with van der Waals surface area (Å²) in [5.74, 6) is 0.0552. The van der Waals surface area contributed by atoms with E-state index in [4.69, 9.17) is 0 Å². The van der Waals surface area contributed by atoms with Gasteiger partial charge in [0.15, 0.2) is 5.13 Å². The Morgan fingerprint density at radius 2 is 1.84 bits per heavy atom. The molecule has 1 aliphatic heterocycles. The van der Waals surface area contributed by atoms with E-state index in [-0.39, 0.29) is 5.88 Å². The predicted octanol–water partition coefficient (Wildman–Crippen LogP) is 5.26. The molecule has 0 spiro atoms. The van der Waals surface area contributed by atoms with Gasteiger partial charge in [-0.15, -0.1) is 0 Å². The van der Waals surface area contributed by atoms with Crippen molar-refractivity contribution in [1.82, 2.24) is 4.98 Å². The molecule has 0 fully saturated rings. The molecule has 0 bridgehead atoms. The van der Waals surface area contributed by atoms with Gasteiger partial charge < -0.3 is 10.0 Å². The minimum atomic E-state index is 0.0552. The number of anilines is 2. The highest BCUT2D eigenvalue weighted by Crippen LogP contribution is 2.38. The molecule has 4 nitrogen and oxygen atoms in total. The van der Waals surface area contributed by atoms with Crippen molar-refractivity contribution in [3.8, 4) is 5.88 Å². The minimum absolute atomic E-state index is 0.0552. The third kappa shape index (κ3) is 2.94. The van der Waals surface area contributed by atoms with Crippen LogP contribution >= 0.6 is 11.3 Å². The first kappa shape index (κ1) is 15.6. The molecule has 0 aliphatic carbocycles. The Morgan fingerprint density at radius 3 is 2.64 bits per heavy atom. The van der Waals surface area contributed by atoms with Crippen molar-refractivity contribution in [2.24, 2.45) is 4.99 Å². The molecule has 0 unspecified atom stereocenters. The average Bonchev–Trinajstić information content (AvgIpc) is 3.21. The smallest absolute Gasteiger partial charge is 0.231 e. The number of aliphatic imine (C=N–C) groups is 1. The van der Waals surface area contributed by atoms with Gasteiger partial charge in [-0.05, 0) is 31.2 Å². The van der Waals surface area contributed by atoms with Crippen LogP contribution in [0.2, 0.25) is 0 Å². The maximum atomic E-state index is 10.3. The van der Waals surface area contributed by atoms with Crippen molar-refractivity contribution in [2.45, 2.75) is 6.92 Å². The van der Waals surface area contributed by atoms with E-state index in [1.54, 1.807) is 0 Å². The lowest BCUT2D eigenvalue weighted by Crippen LogP contribution is -2.15. The number of allylic oxidation sites excluding steroid dienone is 1. The van der Waals surface area contributed by atoms with Crippen LogP contribution in [0.5, 0.6) is 5.88 Å². The van der Waals surface area contributed by atoms with Crippen molar-refractivity contribution in [2.75, 3.05) is 11.4 Å². The summed E-state index contributed by atoms with van der Waals surface area (Å²) in [6, 6.07) is 18.1. The zero-order valence-electron chi connectivity index (χ0n) is 13.8. The van der Waals surface area contributed by atoms with Gasteiger partial charge in [-0.3, -0.25) is 4.99 Å². The highest BCUT2D eigenvalue weighted by atomic mass is 32.1. The van der Waals surface area contributed by atoms with Crippen molar-refractivity contribution in [1.29, 1.82) is 0 Å². The Morgan fingerprint density at radius 1 is 1.08 bits per heavy atom. The summed E-state index contributed by atoms with van der Waals surface area (Å²) in [5.41, 5.74) is 4.08. The Kier molecular flexibility index (Phi) is 4.07. The number of hydrogen-bond acceptors (Lipinski definition) is 5. The van der Waals surface area contributed by atoms with Crippen LogP contribution in [0.25, 0.3) is 11.6 Å². The molecule has 1 aromatic heterocycles. The van der Waals surface area contributed by atoms with Crippen LogP contribution < -0.4 is 4.90 Å². The Balaban J connectivity index is 1.70. The van der Waals surface area contributed by atoms with Gasteiger partial charge in [-0.1, -0.05) is 47.7 Å². The number of benzene rings is 2. The van der Waals surface area contributed by atoms with Crippen LogP contribution in [0.3, 0.4) is 0 Å². The molecule has 0 atom stereocenters. The van der Waals surface area contributed by atoms with Crippen LogP contribution in [-0.2, 0) is 0 Å².